The number of aryl methyl sites for hydroxylation is 1. The molecule has 26 heavy (non-hydrogen) atoms. The number of nitrogens with two attached hydrogens (primary N) is 1. The van der Waals surface area contributed by atoms with Crippen molar-refractivity contribution >= 4 is 11.5 Å². The zero-order chi connectivity index (χ0) is 18.7. The summed E-state index contributed by atoms with van der Waals surface area (Å²) in [6.45, 7) is 2.37. The van der Waals surface area contributed by atoms with E-state index in [1.54, 1.807) is 11.9 Å². The van der Waals surface area contributed by atoms with Crippen molar-refractivity contribution in [3.05, 3.63) is 68.4 Å². The maximum absolute atomic E-state index is 12.3. The molecule has 0 unspecified atom stereocenters. The van der Waals surface area contributed by atoms with Crippen molar-refractivity contribution in [2.45, 2.75) is 26.4 Å². The van der Waals surface area contributed by atoms with Gasteiger partial charge in [-0.05, 0) is 5.56 Å². The van der Waals surface area contributed by atoms with Crippen LogP contribution in [0.5, 0.6) is 0 Å². The molecule has 3 aromatic rings. The Morgan fingerprint density at radius 3 is 2.65 bits per heavy atom. The molecule has 9 heteroatoms. The molecule has 0 amide bonds. The van der Waals surface area contributed by atoms with Crippen LogP contribution in [0.2, 0.25) is 0 Å². The summed E-state index contributed by atoms with van der Waals surface area (Å²) in [6.07, 6.45) is 0.651. The van der Waals surface area contributed by atoms with Gasteiger partial charge in [0.05, 0.1) is 13.1 Å². The van der Waals surface area contributed by atoms with Crippen LogP contribution >= 0.6 is 0 Å². The number of nitrogen functional groups attached to an aromatic ring is 1. The van der Waals surface area contributed by atoms with E-state index >= 15 is 0 Å². The van der Waals surface area contributed by atoms with Gasteiger partial charge in [0.1, 0.15) is 11.5 Å². The van der Waals surface area contributed by atoms with E-state index in [-0.39, 0.29) is 24.6 Å². The molecule has 0 aliphatic carbocycles. The number of H-pyrrole nitrogens is 1. The second kappa shape index (κ2) is 7.26. The van der Waals surface area contributed by atoms with Gasteiger partial charge in [-0.3, -0.25) is 14.3 Å². The molecule has 0 aliphatic rings. The van der Waals surface area contributed by atoms with Crippen molar-refractivity contribution in [2.24, 2.45) is 0 Å². The molecule has 9 nitrogen and oxygen atoms in total. The number of anilines is 2. The molecule has 0 aliphatic heterocycles. The summed E-state index contributed by atoms with van der Waals surface area (Å²) in [5.74, 6) is 1.04. The number of nitrogens with one attached hydrogen (secondary N) is 1. The minimum absolute atomic E-state index is 0.0836. The molecule has 0 bridgehead atoms. The van der Waals surface area contributed by atoms with E-state index in [0.717, 1.165) is 5.56 Å². The molecule has 136 valence electrons. The van der Waals surface area contributed by atoms with Gasteiger partial charge in [0.15, 0.2) is 5.82 Å². The van der Waals surface area contributed by atoms with Crippen LogP contribution in [0.4, 0.5) is 11.5 Å². The summed E-state index contributed by atoms with van der Waals surface area (Å²) in [5.41, 5.74) is 6.11. The zero-order valence-electron chi connectivity index (χ0n) is 14.6. The lowest BCUT2D eigenvalue weighted by molar-refractivity contribution is 0.373. The predicted octanol–water partition coefficient (Wildman–Crippen LogP) is 0.749. The maximum atomic E-state index is 12.3. The van der Waals surface area contributed by atoms with E-state index in [4.69, 9.17) is 10.3 Å². The van der Waals surface area contributed by atoms with Crippen LogP contribution in [0, 0.1) is 0 Å². The number of hydrogen-bond donors (Lipinski definition) is 2. The number of aromatic amines is 1. The summed E-state index contributed by atoms with van der Waals surface area (Å²) in [6, 6.07) is 9.39. The van der Waals surface area contributed by atoms with E-state index in [2.05, 4.69) is 15.1 Å². The fourth-order valence-corrected chi connectivity index (χ4v) is 2.65. The maximum Gasteiger partial charge on any atom is 0.330 e. The Labute approximate surface area is 149 Å². The molecule has 0 atom stereocenters. The first-order valence-corrected chi connectivity index (χ1v) is 8.18. The highest BCUT2D eigenvalue weighted by Gasteiger charge is 2.18. The van der Waals surface area contributed by atoms with Crippen molar-refractivity contribution in [3.8, 4) is 0 Å². The van der Waals surface area contributed by atoms with Crippen LogP contribution in [0.1, 0.15) is 24.2 Å². The van der Waals surface area contributed by atoms with Crippen molar-refractivity contribution in [1.29, 1.82) is 0 Å². The number of nitrogens with zero attached hydrogens (tertiary/aromatic N) is 4. The van der Waals surface area contributed by atoms with E-state index in [1.165, 1.54) is 4.57 Å². The smallest absolute Gasteiger partial charge is 0.330 e. The molecular weight excluding hydrogens is 336 g/mol. The second-order valence-electron chi connectivity index (χ2n) is 5.88. The lowest BCUT2D eigenvalue weighted by Crippen LogP contribution is -2.37. The first-order valence-electron chi connectivity index (χ1n) is 8.18. The molecule has 0 fully saturated rings. The average molecular weight is 356 g/mol. The lowest BCUT2D eigenvalue weighted by atomic mass is 10.2. The van der Waals surface area contributed by atoms with E-state index < -0.39 is 11.2 Å². The van der Waals surface area contributed by atoms with Gasteiger partial charge in [0, 0.05) is 13.5 Å². The number of rotatable bonds is 6. The molecule has 1 aromatic carbocycles. The van der Waals surface area contributed by atoms with Crippen LogP contribution in [0.15, 0.2) is 44.4 Å². The highest BCUT2D eigenvalue weighted by Crippen LogP contribution is 2.18. The molecular formula is C17H20N6O3. The topological polar surface area (TPSA) is 123 Å². The Bertz CT molecular complexity index is 1010. The summed E-state index contributed by atoms with van der Waals surface area (Å²) in [5, 5.41) is 3.83. The molecule has 0 spiro atoms. The third-order valence-electron chi connectivity index (χ3n) is 3.98. The lowest BCUT2D eigenvalue weighted by Gasteiger charge is -2.20. The van der Waals surface area contributed by atoms with Crippen LogP contribution in [0.25, 0.3) is 0 Å². The van der Waals surface area contributed by atoms with Gasteiger partial charge in [-0.2, -0.15) is 4.98 Å². The minimum atomic E-state index is -0.561. The summed E-state index contributed by atoms with van der Waals surface area (Å²) < 4.78 is 6.48. The molecule has 2 aromatic heterocycles. The van der Waals surface area contributed by atoms with E-state index in [0.29, 0.717) is 18.1 Å². The number of benzene rings is 1. The first kappa shape index (κ1) is 17.5. The van der Waals surface area contributed by atoms with E-state index in [1.807, 2.05) is 37.3 Å². The Morgan fingerprint density at radius 2 is 2.00 bits per heavy atom. The zero-order valence-corrected chi connectivity index (χ0v) is 14.6. The monoisotopic (exact) mass is 356 g/mol. The molecule has 3 rings (SSSR count). The standard InChI is InChI=1S/C17H20N6O3/c1-3-12-19-13(26-21-12)10-22(2)14-15(18)23(17(25)20-16(14)24)9-11-7-5-4-6-8-11/h4-8H,3,9-10,18H2,1-2H3,(H,20,24,25). The second-order valence-corrected chi connectivity index (χ2v) is 5.88. The van der Waals surface area contributed by atoms with Crippen LogP contribution in [0.3, 0.4) is 0 Å². The van der Waals surface area contributed by atoms with Gasteiger partial charge >= 0.3 is 5.69 Å². The van der Waals surface area contributed by atoms with Crippen molar-refractivity contribution in [1.82, 2.24) is 19.7 Å². The van der Waals surface area contributed by atoms with Gasteiger partial charge in [-0.25, -0.2) is 4.79 Å². The van der Waals surface area contributed by atoms with Gasteiger partial charge in [0.25, 0.3) is 5.56 Å². The fraction of sp³-hybridized carbons (Fsp3) is 0.294. The average Bonchev–Trinajstić information content (AvgIpc) is 3.07. The van der Waals surface area contributed by atoms with Gasteiger partial charge in [0.2, 0.25) is 5.89 Å². The van der Waals surface area contributed by atoms with Crippen LogP contribution in [-0.4, -0.2) is 26.7 Å². The fourth-order valence-electron chi connectivity index (χ4n) is 2.65. The minimum Gasteiger partial charge on any atom is -0.383 e. The Hall–Kier alpha value is -3.36. The predicted molar refractivity (Wildman–Crippen MR) is 97.1 cm³/mol. The summed E-state index contributed by atoms with van der Waals surface area (Å²) in [4.78, 5) is 32.6. The highest BCUT2D eigenvalue weighted by atomic mass is 16.5. The van der Waals surface area contributed by atoms with Crippen molar-refractivity contribution < 1.29 is 4.52 Å². The molecule has 0 radical (unpaired) electrons. The van der Waals surface area contributed by atoms with Crippen LogP contribution in [-0.2, 0) is 19.5 Å². The third kappa shape index (κ3) is 3.51. The molecule has 2 heterocycles. The number of hydrogen-bond acceptors (Lipinski definition) is 7. The van der Waals surface area contributed by atoms with E-state index in [9.17, 15) is 9.59 Å². The Balaban J connectivity index is 1.94. The normalized spacial score (nSPS) is 10.8. The highest BCUT2D eigenvalue weighted by molar-refractivity contribution is 5.62. The van der Waals surface area contributed by atoms with Crippen molar-refractivity contribution in [2.75, 3.05) is 17.7 Å². The van der Waals surface area contributed by atoms with Gasteiger partial charge < -0.3 is 15.2 Å². The Kier molecular flexibility index (Phi) is 4.87. The molecule has 0 saturated carbocycles. The quantitative estimate of drug-likeness (QED) is 0.668. The molecule has 0 saturated heterocycles. The van der Waals surface area contributed by atoms with Gasteiger partial charge in [-0.1, -0.05) is 42.4 Å². The van der Waals surface area contributed by atoms with Gasteiger partial charge in [-0.15, -0.1) is 0 Å². The van der Waals surface area contributed by atoms with Crippen molar-refractivity contribution in [3.63, 3.8) is 0 Å². The number of aromatic nitrogens is 4. The first-order chi connectivity index (χ1) is 12.5. The SMILES string of the molecule is CCc1noc(CN(C)c2c(N)n(Cc3ccccc3)c(=O)[nH]c2=O)n1. The largest absolute Gasteiger partial charge is 0.383 e. The summed E-state index contributed by atoms with van der Waals surface area (Å²) >= 11 is 0. The van der Waals surface area contributed by atoms with Crippen LogP contribution < -0.4 is 21.9 Å². The molecule has 3 N–H and O–H groups in total. The Morgan fingerprint density at radius 1 is 1.27 bits per heavy atom. The summed E-state index contributed by atoms with van der Waals surface area (Å²) in [7, 11) is 1.67. The third-order valence-corrected chi connectivity index (χ3v) is 3.98.